The molecule has 6 rings (SSSR count). The summed E-state index contributed by atoms with van der Waals surface area (Å²) < 4.78 is 53.1. The largest absolute Gasteiger partial charge is 0.384 e. The van der Waals surface area contributed by atoms with E-state index in [1.807, 2.05) is 36.4 Å². The highest BCUT2D eigenvalue weighted by Gasteiger charge is 2.26. The lowest BCUT2D eigenvalue weighted by Crippen LogP contribution is -2.35. The molecule has 0 spiro atoms. The standard InChI is InChI=1S/C20H27N3O2S2.C11H15NO2S2.C10H16N2/c1-2-3-7-18-19(12-13-20(21)22-18)26-16-8-10-17(11-9-16)27(24,25)23-14-5-4-6-15-23;13-16(14,12-8-2-1-3-9-12)11-6-4-10(15)5-7-11;1-3-4-5-9-8(2)6-7-10(11)12-9/h8-13H,2-7,14-15H2,1H3,(H2,21,22);4-7,15H,1-3,8-9H2;6-7H,3-5H2,1-2H3,(H2,11,12). The molecule has 0 saturated carbocycles. The van der Waals surface area contributed by atoms with Gasteiger partial charge in [-0.05, 0) is 131 Å². The van der Waals surface area contributed by atoms with Crippen molar-refractivity contribution >= 4 is 56.1 Å². The van der Waals surface area contributed by atoms with Gasteiger partial charge in [0.2, 0.25) is 20.0 Å². The Morgan fingerprint density at radius 2 is 1.05 bits per heavy atom. The van der Waals surface area contributed by atoms with Crippen LogP contribution in [0.3, 0.4) is 0 Å². The second-order valence-electron chi connectivity index (χ2n) is 13.9. The van der Waals surface area contributed by atoms with Gasteiger partial charge in [-0.1, -0.05) is 57.4 Å². The zero-order valence-corrected chi connectivity index (χ0v) is 35.8. The fourth-order valence-corrected chi connectivity index (χ4v) is 10.4. The lowest BCUT2D eigenvalue weighted by Gasteiger charge is -2.25. The topological polar surface area (TPSA) is 153 Å². The van der Waals surface area contributed by atoms with Crippen LogP contribution in [0.2, 0.25) is 0 Å². The third-order valence-corrected chi connectivity index (χ3v) is 14.7. The minimum Gasteiger partial charge on any atom is -0.384 e. The molecule has 2 fully saturated rings. The summed E-state index contributed by atoms with van der Waals surface area (Å²) in [6.45, 7) is 8.95. The summed E-state index contributed by atoms with van der Waals surface area (Å²) in [7, 11) is -6.66. The van der Waals surface area contributed by atoms with Crippen LogP contribution in [0.25, 0.3) is 0 Å². The van der Waals surface area contributed by atoms with Crippen LogP contribution in [0.5, 0.6) is 0 Å². The number of sulfonamides is 2. The van der Waals surface area contributed by atoms with Crippen molar-refractivity contribution in [1.29, 1.82) is 0 Å². The van der Waals surface area contributed by atoms with Gasteiger partial charge in [0.15, 0.2) is 0 Å². The molecule has 300 valence electrons. The van der Waals surface area contributed by atoms with Crippen molar-refractivity contribution in [3.8, 4) is 0 Å². The molecule has 2 saturated heterocycles. The monoisotopic (exact) mass is 826 g/mol. The third-order valence-electron chi connectivity index (χ3n) is 9.51. The zero-order chi connectivity index (χ0) is 39.8. The van der Waals surface area contributed by atoms with E-state index in [0.717, 1.165) is 90.3 Å². The molecule has 55 heavy (non-hydrogen) atoms. The predicted octanol–water partition coefficient (Wildman–Crippen LogP) is 8.80. The number of aryl methyl sites for hydroxylation is 3. The van der Waals surface area contributed by atoms with Crippen LogP contribution in [0, 0.1) is 6.92 Å². The predicted molar refractivity (Wildman–Crippen MR) is 229 cm³/mol. The van der Waals surface area contributed by atoms with E-state index in [-0.39, 0.29) is 0 Å². The molecule has 2 aromatic heterocycles. The fraction of sp³-hybridized carbons (Fsp3) is 0.463. The Morgan fingerprint density at radius 3 is 1.55 bits per heavy atom. The number of anilines is 2. The first-order valence-corrected chi connectivity index (χ1v) is 23.5. The Bertz CT molecular complexity index is 2000. The smallest absolute Gasteiger partial charge is 0.243 e. The summed E-state index contributed by atoms with van der Waals surface area (Å²) in [4.78, 5) is 12.4. The Balaban J connectivity index is 0.000000203. The first-order valence-electron chi connectivity index (χ1n) is 19.4. The molecule has 4 heterocycles. The molecule has 0 radical (unpaired) electrons. The average Bonchev–Trinajstić information content (AvgIpc) is 3.20. The van der Waals surface area contributed by atoms with E-state index in [2.05, 4.69) is 43.4 Å². The van der Waals surface area contributed by atoms with E-state index in [4.69, 9.17) is 11.5 Å². The van der Waals surface area contributed by atoms with Gasteiger partial charge in [0.1, 0.15) is 11.6 Å². The van der Waals surface area contributed by atoms with Crippen LogP contribution in [0.1, 0.15) is 95.0 Å². The molecule has 2 aliphatic heterocycles. The van der Waals surface area contributed by atoms with Crippen molar-refractivity contribution in [2.75, 3.05) is 37.6 Å². The number of nitrogens with zero attached hydrogens (tertiary/aromatic N) is 4. The SMILES string of the molecule is CCCCc1nc(N)ccc1C.CCCCc1nc(N)ccc1Sc1ccc(S(=O)(=O)N2CCCCC2)cc1.O=S(=O)(c1ccc(S)cc1)N1CCCCC1. The minimum atomic E-state index is -3.38. The van der Waals surface area contributed by atoms with E-state index in [0.29, 0.717) is 47.6 Å². The fourth-order valence-electron chi connectivity index (χ4n) is 6.24. The van der Waals surface area contributed by atoms with Gasteiger partial charge in [-0.2, -0.15) is 8.61 Å². The number of pyridine rings is 2. The van der Waals surface area contributed by atoms with Crippen LogP contribution in [-0.4, -0.2) is 61.6 Å². The highest BCUT2D eigenvalue weighted by Crippen LogP contribution is 2.32. The Kier molecular flexibility index (Phi) is 17.8. The van der Waals surface area contributed by atoms with Gasteiger partial charge in [0.05, 0.1) is 15.5 Å². The van der Waals surface area contributed by atoms with Gasteiger partial charge >= 0.3 is 0 Å². The molecule has 0 amide bonds. The molecule has 0 bridgehead atoms. The van der Waals surface area contributed by atoms with Crippen molar-refractivity contribution in [1.82, 2.24) is 18.6 Å². The second-order valence-corrected chi connectivity index (χ2v) is 19.4. The van der Waals surface area contributed by atoms with E-state index in [1.54, 1.807) is 56.8 Å². The van der Waals surface area contributed by atoms with E-state index < -0.39 is 20.0 Å². The van der Waals surface area contributed by atoms with Gasteiger partial charge in [-0.3, -0.25) is 0 Å². The van der Waals surface area contributed by atoms with Crippen LogP contribution in [0.4, 0.5) is 11.6 Å². The number of nitrogens with two attached hydrogens (primary N) is 2. The molecule has 2 aromatic carbocycles. The molecule has 10 nitrogen and oxygen atoms in total. The summed E-state index contributed by atoms with van der Waals surface area (Å²) >= 11 is 5.75. The van der Waals surface area contributed by atoms with Crippen LogP contribution in [-0.2, 0) is 32.9 Å². The molecule has 0 aliphatic carbocycles. The highest BCUT2D eigenvalue weighted by atomic mass is 32.2. The van der Waals surface area contributed by atoms with Crippen molar-refractivity contribution in [3.05, 3.63) is 89.7 Å². The van der Waals surface area contributed by atoms with Crippen molar-refractivity contribution in [2.45, 2.75) is 122 Å². The molecule has 0 unspecified atom stereocenters. The molecular formula is C41H58N6O4S4. The lowest BCUT2D eigenvalue weighted by molar-refractivity contribution is 0.346. The van der Waals surface area contributed by atoms with Gasteiger partial charge in [-0.15, -0.1) is 12.6 Å². The number of benzene rings is 2. The Hall–Kier alpha value is -3.14. The maximum absolute atomic E-state index is 12.8. The van der Waals surface area contributed by atoms with Crippen LogP contribution in [0.15, 0.2) is 97.3 Å². The number of nitrogen functional groups attached to an aromatic ring is 2. The van der Waals surface area contributed by atoms with Crippen molar-refractivity contribution in [3.63, 3.8) is 0 Å². The Morgan fingerprint density at radius 1 is 0.618 bits per heavy atom. The first kappa shape index (κ1) is 44.6. The van der Waals surface area contributed by atoms with Gasteiger partial charge in [-0.25, -0.2) is 26.8 Å². The minimum absolute atomic E-state index is 0.368. The van der Waals surface area contributed by atoms with Crippen molar-refractivity contribution in [2.24, 2.45) is 0 Å². The van der Waals surface area contributed by atoms with Crippen LogP contribution >= 0.6 is 24.4 Å². The van der Waals surface area contributed by atoms with E-state index >= 15 is 0 Å². The summed E-state index contributed by atoms with van der Waals surface area (Å²) in [5.74, 6) is 1.17. The first-order chi connectivity index (χ1) is 26.3. The van der Waals surface area contributed by atoms with Crippen LogP contribution < -0.4 is 11.5 Å². The number of hydrogen-bond acceptors (Lipinski definition) is 10. The molecule has 2 aliphatic rings. The normalized spacial score (nSPS) is 15.3. The lowest BCUT2D eigenvalue weighted by atomic mass is 10.1. The molecule has 4 aromatic rings. The summed E-state index contributed by atoms with van der Waals surface area (Å²) in [5, 5.41) is 0. The summed E-state index contributed by atoms with van der Waals surface area (Å²) in [6.07, 6.45) is 12.6. The molecule has 14 heteroatoms. The van der Waals surface area contributed by atoms with Crippen molar-refractivity contribution < 1.29 is 16.8 Å². The Labute approximate surface area is 339 Å². The van der Waals surface area contributed by atoms with Gasteiger partial charge < -0.3 is 11.5 Å². The zero-order valence-electron chi connectivity index (χ0n) is 32.5. The third kappa shape index (κ3) is 13.5. The number of rotatable bonds is 12. The number of hydrogen-bond donors (Lipinski definition) is 3. The maximum Gasteiger partial charge on any atom is 0.243 e. The highest BCUT2D eigenvalue weighted by molar-refractivity contribution is 7.99. The summed E-state index contributed by atoms with van der Waals surface area (Å²) in [6, 6.07) is 21.5. The number of thiol groups is 1. The average molecular weight is 827 g/mol. The number of unbranched alkanes of at least 4 members (excludes halogenated alkanes) is 2. The number of aromatic nitrogens is 2. The number of piperidine rings is 2. The maximum atomic E-state index is 12.8. The van der Waals surface area contributed by atoms with E-state index in [1.165, 1.54) is 18.4 Å². The van der Waals surface area contributed by atoms with E-state index in [9.17, 15) is 16.8 Å². The quantitative estimate of drug-likeness (QED) is 0.119. The summed E-state index contributed by atoms with van der Waals surface area (Å²) in [5.41, 5.74) is 14.8. The van der Waals surface area contributed by atoms with Gasteiger partial charge in [0.25, 0.3) is 0 Å². The molecule has 0 atom stereocenters. The second kappa shape index (κ2) is 22.0. The molecule has 4 N–H and O–H groups in total. The van der Waals surface area contributed by atoms with Gasteiger partial charge in [0, 0.05) is 46.6 Å². The molecular weight excluding hydrogens is 769 g/mol.